The van der Waals surface area contributed by atoms with Crippen molar-refractivity contribution in [1.82, 2.24) is 14.1 Å². The summed E-state index contributed by atoms with van der Waals surface area (Å²) in [5.41, 5.74) is 0.774. The number of carbonyl (C=O) groups is 1. The number of amides is 1. The molecule has 0 atom stereocenters. The maximum atomic E-state index is 12.6. The Labute approximate surface area is 160 Å². The van der Waals surface area contributed by atoms with Crippen molar-refractivity contribution in [1.29, 1.82) is 0 Å². The van der Waals surface area contributed by atoms with Gasteiger partial charge in [-0.1, -0.05) is 30.3 Å². The van der Waals surface area contributed by atoms with Gasteiger partial charge in [0.2, 0.25) is 15.9 Å². The van der Waals surface area contributed by atoms with Gasteiger partial charge in [0.25, 0.3) is 0 Å². The van der Waals surface area contributed by atoms with Crippen LogP contribution in [-0.2, 0) is 27.1 Å². The third-order valence-electron chi connectivity index (χ3n) is 4.59. The van der Waals surface area contributed by atoms with Crippen LogP contribution in [-0.4, -0.2) is 68.2 Å². The fourth-order valence-corrected chi connectivity index (χ4v) is 4.66. The van der Waals surface area contributed by atoms with Crippen LogP contribution in [0.5, 0.6) is 0 Å². The Hall–Kier alpha value is -2.16. The highest BCUT2D eigenvalue weighted by atomic mass is 32.2. The Morgan fingerprint density at radius 3 is 2.41 bits per heavy atom. The molecule has 1 aliphatic rings. The first-order valence-corrected chi connectivity index (χ1v) is 10.6. The van der Waals surface area contributed by atoms with Gasteiger partial charge in [-0.2, -0.15) is 4.31 Å². The van der Waals surface area contributed by atoms with Crippen molar-refractivity contribution < 1.29 is 17.6 Å². The third-order valence-corrected chi connectivity index (χ3v) is 6.44. The second-order valence-electron chi connectivity index (χ2n) is 6.77. The molecule has 1 aromatic carbocycles. The molecular formula is C19H25N3O4S. The van der Waals surface area contributed by atoms with E-state index in [-0.39, 0.29) is 18.2 Å². The molecule has 1 fully saturated rings. The summed E-state index contributed by atoms with van der Waals surface area (Å²) in [5.74, 6) is 0.805. The zero-order valence-electron chi connectivity index (χ0n) is 15.5. The van der Waals surface area contributed by atoms with Crippen molar-refractivity contribution in [2.45, 2.75) is 12.3 Å². The second-order valence-corrected chi connectivity index (χ2v) is 8.74. The molecule has 27 heavy (non-hydrogen) atoms. The molecule has 7 nitrogen and oxygen atoms in total. The number of nitrogens with zero attached hydrogens (tertiary/aromatic N) is 3. The summed E-state index contributed by atoms with van der Waals surface area (Å²) < 4.78 is 32.0. The Bertz CT molecular complexity index is 829. The predicted octanol–water partition coefficient (Wildman–Crippen LogP) is 1.39. The van der Waals surface area contributed by atoms with Gasteiger partial charge in [-0.05, 0) is 24.7 Å². The van der Waals surface area contributed by atoms with E-state index in [4.69, 9.17) is 4.42 Å². The quantitative estimate of drug-likeness (QED) is 0.713. The van der Waals surface area contributed by atoms with Crippen LogP contribution in [0.2, 0.25) is 0 Å². The Morgan fingerprint density at radius 2 is 1.78 bits per heavy atom. The Kier molecular flexibility index (Phi) is 6.30. The molecule has 0 saturated carbocycles. The lowest BCUT2D eigenvalue weighted by Gasteiger charge is -2.34. The zero-order chi connectivity index (χ0) is 19.3. The van der Waals surface area contributed by atoms with Crippen molar-refractivity contribution >= 4 is 15.9 Å². The van der Waals surface area contributed by atoms with Crippen molar-refractivity contribution in [2.24, 2.45) is 0 Å². The minimum atomic E-state index is -3.37. The van der Waals surface area contributed by atoms with Crippen molar-refractivity contribution in [3.8, 4) is 0 Å². The number of likely N-dealkylation sites (N-methyl/N-ethyl adjacent to an activating group) is 1. The summed E-state index contributed by atoms with van der Waals surface area (Å²) >= 11 is 0. The van der Waals surface area contributed by atoms with Crippen molar-refractivity contribution in [3.63, 3.8) is 0 Å². The summed E-state index contributed by atoms with van der Waals surface area (Å²) in [6, 6.07) is 12.8. The van der Waals surface area contributed by atoms with E-state index in [1.54, 1.807) is 11.2 Å². The third kappa shape index (κ3) is 5.41. The number of rotatable bonds is 7. The van der Waals surface area contributed by atoms with Crippen LogP contribution >= 0.6 is 0 Å². The number of hydrogen-bond acceptors (Lipinski definition) is 5. The van der Waals surface area contributed by atoms with Crippen molar-refractivity contribution in [2.75, 3.05) is 39.8 Å². The maximum Gasteiger partial charge on any atom is 0.236 e. The summed E-state index contributed by atoms with van der Waals surface area (Å²) in [7, 11) is -1.51. The summed E-state index contributed by atoms with van der Waals surface area (Å²) in [6.07, 6.45) is 1.61. The number of furan rings is 1. The first-order chi connectivity index (χ1) is 12.9. The molecule has 1 aromatic heterocycles. The fraction of sp³-hybridized carbons (Fsp3) is 0.421. The lowest BCUT2D eigenvalue weighted by Crippen LogP contribution is -2.52. The lowest BCUT2D eigenvalue weighted by molar-refractivity contribution is -0.133. The van der Waals surface area contributed by atoms with Crippen LogP contribution in [0.3, 0.4) is 0 Å². The molecule has 1 aliphatic heterocycles. The molecule has 0 aliphatic carbocycles. The number of benzene rings is 1. The predicted molar refractivity (Wildman–Crippen MR) is 102 cm³/mol. The van der Waals surface area contributed by atoms with E-state index in [1.165, 1.54) is 4.31 Å². The van der Waals surface area contributed by atoms with E-state index in [2.05, 4.69) is 0 Å². The highest BCUT2D eigenvalue weighted by Gasteiger charge is 2.29. The molecule has 0 N–H and O–H groups in total. The van der Waals surface area contributed by atoms with Gasteiger partial charge in [0.1, 0.15) is 5.76 Å². The molecule has 0 unspecified atom stereocenters. The molecule has 1 saturated heterocycles. The van der Waals surface area contributed by atoms with Crippen molar-refractivity contribution in [3.05, 3.63) is 60.1 Å². The minimum absolute atomic E-state index is 0.00386. The average molecular weight is 391 g/mol. The molecular weight excluding hydrogens is 366 g/mol. The van der Waals surface area contributed by atoms with E-state index in [0.717, 1.165) is 11.3 Å². The van der Waals surface area contributed by atoms with Gasteiger partial charge in [-0.25, -0.2) is 8.42 Å². The summed E-state index contributed by atoms with van der Waals surface area (Å²) in [5, 5.41) is 0. The summed E-state index contributed by atoms with van der Waals surface area (Å²) in [6.45, 7) is 2.34. The van der Waals surface area contributed by atoms with E-state index in [1.807, 2.05) is 54.4 Å². The molecule has 0 bridgehead atoms. The van der Waals surface area contributed by atoms with E-state index < -0.39 is 10.0 Å². The second kappa shape index (κ2) is 8.69. The first kappa shape index (κ1) is 19.6. The standard InChI is InChI=1S/C19H25N3O4S/c1-20(14-18-8-5-13-26-18)15-19(23)21-9-11-22(12-10-21)27(24,25)16-17-6-3-2-4-7-17/h2-8,13H,9-12,14-16H2,1H3. The van der Waals surface area contributed by atoms with E-state index >= 15 is 0 Å². The van der Waals surface area contributed by atoms with E-state index in [9.17, 15) is 13.2 Å². The smallest absolute Gasteiger partial charge is 0.236 e. The minimum Gasteiger partial charge on any atom is -0.468 e. The number of piperazine rings is 1. The maximum absolute atomic E-state index is 12.6. The topological polar surface area (TPSA) is 74.1 Å². The molecule has 3 rings (SSSR count). The zero-order valence-corrected chi connectivity index (χ0v) is 16.3. The first-order valence-electron chi connectivity index (χ1n) is 8.94. The van der Waals surface area contributed by atoms with Crippen LogP contribution in [0.15, 0.2) is 53.1 Å². The number of hydrogen-bond donors (Lipinski definition) is 0. The van der Waals surface area contributed by atoms with Crippen LogP contribution in [0.25, 0.3) is 0 Å². The highest BCUT2D eigenvalue weighted by Crippen LogP contribution is 2.14. The highest BCUT2D eigenvalue weighted by molar-refractivity contribution is 7.88. The van der Waals surface area contributed by atoms with Gasteiger partial charge < -0.3 is 9.32 Å². The molecule has 2 aromatic rings. The molecule has 2 heterocycles. The Morgan fingerprint density at radius 1 is 1.07 bits per heavy atom. The van der Waals surface area contributed by atoms with Gasteiger partial charge in [-0.15, -0.1) is 0 Å². The van der Waals surface area contributed by atoms with Crippen LogP contribution in [0, 0.1) is 0 Å². The molecule has 8 heteroatoms. The molecule has 1 amide bonds. The number of carbonyl (C=O) groups excluding carboxylic acids is 1. The summed E-state index contributed by atoms with van der Waals surface area (Å²) in [4.78, 5) is 16.1. The molecule has 0 spiro atoms. The molecule has 146 valence electrons. The largest absolute Gasteiger partial charge is 0.468 e. The van der Waals surface area contributed by atoms with Gasteiger partial charge >= 0.3 is 0 Å². The monoisotopic (exact) mass is 391 g/mol. The van der Waals surface area contributed by atoms with Crippen LogP contribution in [0.1, 0.15) is 11.3 Å². The van der Waals surface area contributed by atoms with Gasteiger partial charge in [0.05, 0.1) is 25.1 Å². The van der Waals surface area contributed by atoms with Gasteiger partial charge in [0, 0.05) is 26.2 Å². The number of sulfonamides is 1. The molecule has 0 radical (unpaired) electrons. The van der Waals surface area contributed by atoms with Gasteiger partial charge in [0.15, 0.2) is 0 Å². The normalized spacial score (nSPS) is 16.0. The average Bonchev–Trinajstić information content (AvgIpc) is 3.15. The van der Waals surface area contributed by atoms with Gasteiger partial charge in [-0.3, -0.25) is 9.69 Å². The lowest BCUT2D eigenvalue weighted by atomic mass is 10.2. The fourth-order valence-electron chi connectivity index (χ4n) is 3.15. The van der Waals surface area contributed by atoms with Crippen LogP contribution in [0.4, 0.5) is 0 Å². The van der Waals surface area contributed by atoms with Crippen LogP contribution < -0.4 is 0 Å². The van der Waals surface area contributed by atoms with E-state index in [0.29, 0.717) is 32.7 Å². The Balaban J connectivity index is 1.48. The SMILES string of the molecule is CN(CC(=O)N1CCN(S(=O)(=O)Cc2ccccc2)CC1)Cc1ccco1.